The fourth-order valence-electron chi connectivity index (χ4n) is 6.97. The molecule has 0 radical (unpaired) electrons. The molecular weight excluding hydrogens is 634 g/mol. The maximum atomic E-state index is 12.5. The van der Waals surface area contributed by atoms with E-state index in [0.29, 0.717) is 35.7 Å². The van der Waals surface area contributed by atoms with Crippen molar-refractivity contribution in [1.82, 2.24) is 19.8 Å². The second-order valence-electron chi connectivity index (χ2n) is 14.1. The number of nitriles is 1. The smallest absolute Gasteiger partial charge is 0.179 e. The molecule has 0 bridgehead atoms. The van der Waals surface area contributed by atoms with Gasteiger partial charge in [0, 0.05) is 76.8 Å². The molecular formula is C39H47N5O6. The van der Waals surface area contributed by atoms with Crippen LogP contribution in [0.25, 0.3) is 11.4 Å². The largest absolute Gasteiger partial charge is 0.387 e. The molecule has 264 valence electrons. The van der Waals surface area contributed by atoms with Gasteiger partial charge in [0.05, 0.1) is 51.8 Å². The number of fused-ring (bicyclic) bond motifs is 2. The number of ether oxygens (including phenoxy) is 2. The quantitative estimate of drug-likeness (QED) is 0.425. The Morgan fingerprint density at radius 1 is 0.780 bits per heavy atom. The molecule has 4 aliphatic rings. The SMILES string of the molecule is C#CC1=C(N2CCC(C)(OC)CC2)c2cc([C@H](C)O)ncc2CC1=O.COC1(C)CCN(C2=C(C#N)C(=O)Cc3cnc([C@@H](C)O)cc32)CC1. The zero-order chi connectivity index (χ0) is 36.4. The number of carbonyl (C=O) groups is 2. The summed E-state index contributed by atoms with van der Waals surface area (Å²) in [6.45, 7) is 10.5. The number of methoxy groups -OCH3 is 2. The standard InChI is InChI=1S/C20H24N2O3.C19H23N3O3/c1-5-15-18(24)10-14-12-21-17(13(2)23)11-16(14)19(15)22-8-6-20(3,25-4)7-9-22;1-12(23)16-9-14-13(11-21-16)8-17(24)15(10-20)18(14)22-6-4-19(2,25-3)5-7-22/h1,11-13,23H,6-10H2,2-4H3;9,11-12,23H,4-8H2,1-3H3/t13-;12-/m01/s1. The fraction of sp³-hybridized carbons (Fsp3) is 0.513. The van der Waals surface area contributed by atoms with Gasteiger partial charge in [0.1, 0.15) is 11.6 Å². The number of aliphatic hydroxyl groups is 2. The number of aliphatic hydroxyl groups excluding tert-OH is 2. The van der Waals surface area contributed by atoms with Crippen LogP contribution in [-0.2, 0) is 31.9 Å². The van der Waals surface area contributed by atoms with Gasteiger partial charge in [0.15, 0.2) is 11.6 Å². The molecule has 2 aromatic rings. The molecule has 2 atom stereocenters. The maximum Gasteiger partial charge on any atom is 0.179 e. The van der Waals surface area contributed by atoms with Crippen LogP contribution in [0.5, 0.6) is 0 Å². The first kappa shape index (κ1) is 36.9. The Bertz CT molecular complexity index is 1670. The summed E-state index contributed by atoms with van der Waals surface area (Å²) >= 11 is 0. The molecule has 4 heterocycles. The summed E-state index contributed by atoms with van der Waals surface area (Å²) in [6, 6.07) is 5.77. The number of carbonyl (C=O) groups excluding carboxylic acids is 2. The summed E-state index contributed by atoms with van der Waals surface area (Å²) in [7, 11) is 3.46. The highest BCUT2D eigenvalue weighted by Crippen LogP contribution is 2.38. The van der Waals surface area contributed by atoms with Crippen LogP contribution in [0.4, 0.5) is 0 Å². The van der Waals surface area contributed by atoms with Crippen molar-refractivity contribution in [3.63, 3.8) is 0 Å². The van der Waals surface area contributed by atoms with Crippen LogP contribution in [0.2, 0.25) is 0 Å². The van der Waals surface area contributed by atoms with E-state index in [1.54, 1.807) is 40.5 Å². The Hall–Kier alpha value is -4.39. The van der Waals surface area contributed by atoms with Gasteiger partial charge in [-0.3, -0.25) is 19.6 Å². The Morgan fingerprint density at radius 2 is 1.16 bits per heavy atom. The molecule has 0 unspecified atom stereocenters. The van der Waals surface area contributed by atoms with E-state index in [9.17, 15) is 25.1 Å². The van der Waals surface area contributed by atoms with Gasteiger partial charge in [-0.05, 0) is 76.6 Å². The van der Waals surface area contributed by atoms with Gasteiger partial charge < -0.3 is 29.5 Å². The lowest BCUT2D eigenvalue weighted by atomic mass is 9.86. The van der Waals surface area contributed by atoms with E-state index in [2.05, 4.69) is 45.6 Å². The predicted octanol–water partition coefficient (Wildman–Crippen LogP) is 4.10. The third-order valence-corrected chi connectivity index (χ3v) is 10.6. The van der Waals surface area contributed by atoms with E-state index in [1.807, 2.05) is 12.1 Å². The zero-order valence-corrected chi connectivity index (χ0v) is 29.9. The Labute approximate surface area is 294 Å². The van der Waals surface area contributed by atoms with Gasteiger partial charge in [-0.25, -0.2) is 0 Å². The lowest BCUT2D eigenvalue weighted by molar-refractivity contribution is -0.115. The molecule has 6 rings (SSSR count). The summed E-state index contributed by atoms with van der Waals surface area (Å²) in [5.41, 5.74) is 6.35. The number of hydrogen-bond donors (Lipinski definition) is 2. The van der Waals surface area contributed by atoms with Crippen LogP contribution in [0.1, 0.15) is 99.2 Å². The van der Waals surface area contributed by atoms with Gasteiger partial charge in [-0.1, -0.05) is 5.92 Å². The summed E-state index contributed by atoms with van der Waals surface area (Å²) < 4.78 is 11.2. The van der Waals surface area contributed by atoms with Crippen molar-refractivity contribution in [3.8, 4) is 18.4 Å². The second-order valence-corrected chi connectivity index (χ2v) is 14.1. The number of Topliss-reactive ketones (excluding diaryl/α,β-unsaturated/α-hetero) is 2. The predicted molar refractivity (Wildman–Crippen MR) is 188 cm³/mol. The molecule has 2 saturated heterocycles. The molecule has 0 amide bonds. The monoisotopic (exact) mass is 681 g/mol. The summed E-state index contributed by atoms with van der Waals surface area (Å²) in [5, 5.41) is 29.3. The Kier molecular flexibility index (Phi) is 10.9. The van der Waals surface area contributed by atoms with E-state index in [1.165, 1.54) is 0 Å². The molecule has 2 aliphatic carbocycles. The lowest BCUT2D eigenvalue weighted by Crippen LogP contribution is -2.43. The van der Waals surface area contributed by atoms with E-state index in [-0.39, 0.29) is 41.2 Å². The van der Waals surface area contributed by atoms with Crippen molar-refractivity contribution in [1.29, 1.82) is 5.26 Å². The highest BCUT2D eigenvalue weighted by molar-refractivity contribution is 6.10. The molecule has 2 aromatic heterocycles. The van der Waals surface area contributed by atoms with Crippen molar-refractivity contribution in [3.05, 3.63) is 69.3 Å². The van der Waals surface area contributed by atoms with Crippen molar-refractivity contribution in [2.45, 2.75) is 89.6 Å². The van der Waals surface area contributed by atoms with Gasteiger partial charge in [-0.2, -0.15) is 5.26 Å². The summed E-state index contributed by atoms with van der Waals surface area (Å²) in [6.07, 6.45) is 11.5. The normalized spacial score (nSPS) is 20.9. The molecule has 11 nitrogen and oxygen atoms in total. The highest BCUT2D eigenvalue weighted by atomic mass is 16.5. The number of likely N-dealkylation sites (tertiary alicyclic amines) is 2. The van der Waals surface area contributed by atoms with Crippen molar-refractivity contribution in [2.75, 3.05) is 40.4 Å². The minimum absolute atomic E-state index is 0.0447. The van der Waals surface area contributed by atoms with Gasteiger partial charge >= 0.3 is 0 Å². The van der Waals surface area contributed by atoms with Gasteiger partial charge in [0.2, 0.25) is 0 Å². The van der Waals surface area contributed by atoms with Crippen LogP contribution in [-0.4, -0.2) is 93.1 Å². The number of piperidine rings is 2. The lowest BCUT2D eigenvalue weighted by Gasteiger charge is -2.41. The van der Waals surface area contributed by atoms with Crippen LogP contribution < -0.4 is 0 Å². The maximum absolute atomic E-state index is 12.5. The van der Waals surface area contributed by atoms with Crippen molar-refractivity contribution in [2.24, 2.45) is 0 Å². The van der Waals surface area contributed by atoms with E-state index in [4.69, 9.17) is 15.9 Å². The fourth-order valence-corrected chi connectivity index (χ4v) is 6.97. The number of aromatic nitrogens is 2. The van der Waals surface area contributed by atoms with Gasteiger partial charge in [-0.15, -0.1) is 6.42 Å². The number of pyridine rings is 2. The van der Waals surface area contributed by atoms with Crippen molar-refractivity contribution >= 4 is 23.0 Å². The number of terminal acetylenes is 1. The van der Waals surface area contributed by atoms with Crippen LogP contribution in [0.15, 0.2) is 35.7 Å². The molecule has 2 fully saturated rings. The van der Waals surface area contributed by atoms with E-state index >= 15 is 0 Å². The zero-order valence-electron chi connectivity index (χ0n) is 29.9. The first-order valence-corrected chi connectivity index (χ1v) is 17.1. The first-order valence-electron chi connectivity index (χ1n) is 17.1. The summed E-state index contributed by atoms with van der Waals surface area (Å²) in [4.78, 5) is 37.7. The topological polar surface area (TPSA) is 149 Å². The number of nitrogens with zero attached hydrogens (tertiary/aromatic N) is 5. The molecule has 0 saturated carbocycles. The first-order chi connectivity index (χ1) is 23.8. The van der Waals surface area contributed by atoms with E-state index in [0.717, 1.165) is 66.7 Å². The number of allylic oxidation sites excluding steroid dienone is 2. The molecule has 50 heavy (non-hydrogen) atoms. The number of ketones is 2. The van der Waals surface area contributed by atoms with Crippen LogP contribution >= 0.6 is 0 Å². The molecule has 2 N–H and O–H groups in total. The summed E-state index contributed by atoms with van der Waals surface area (Å²) in [5.74, 6) is 2.39. The Morgan fingerprint density at radius 3 is 1.50 bits per heavy atom. The van der Waals surface area contributed by atoms with Gasteiger partial charge in [0.25, 0.3) is 0 Å². The Balaban J connectivity index is 0.000000194. The molecule has 0 aromatic carbocycles. The average Bonchev–Trinajstić information content (AvgIpc) is 3.11. The minimum atomic E-state index is -0.701. The average molecular weight is 682 g/mol. The molecule has 2 aliphatic heterocycles. The van der Waals surface area contributed by atoms with E-state index < -0.39 is 12.2 Å². The number of rotatable bonds is 6. The number of hydrogen-bond acceptors (Lipinski definition) is 11. The molecule has 0 spiro atoms. The third-order valence-electron chi connectivity index (χ3n) is 10.6. The highest BCUT2D eigenvalue weighted by Gasteiger charge is 2.37. The molecule has 11 heteroatoms. The van der Waals surface area contributed by atoms with Crippen LogP contribution in [0.3, 0.4) is 0 Å². The minimum Gasteiger partial charge on any atom is -0.387 e. The third kappa shape index (κ3) is 7.38. The van der Waals surface area contributed by atoms with Crippen molar-refractivity contribution < 1.29 is 29.3 Å². The van der Waals surface area contributed by atoms with Crippen LogP contribution in [0, 0.1) is 23.7 Å². The second kappa shape index (κ2) is 14.8.